The number of fused-ring (bicyclic) bond motifs is 11. The zero-order valence-corrected chi connectivity index (χ0v) is 40.2. The second kappa shape index (κ2) is 14.3. The lowest BCUT2D eigenvalue weighted by atomic mass is 9.82. The molecule has 6 heterocycles. The highest BCUT2D eigenvalue weighted by Gasteiger charge is 2.47. The first-order valence-corrected chi connectivity index (χ1v) is 25.7. The van der Waals surface area contributed by atoms with Crippen LogP contribution < -0.4 is 0 Å². The Morgan fingerprint density at radius 3 is 1.23 bits per heavy atom. The minimum absolute atomic E-state index is 0.0639. The Morgan fingerprint density at radius 2 is 0.848 bits per heavy atom. The second-order valence-corrected chi connectivity index (χ2v) is 23.8. The monoisotopic (exact) mass is 956 g/mol. The van der Waals surface area contributed by atoms with E-state index in [-0.39, 0.29) is 33.5 Å². The highest BCUT2D eigenvalue weighted by molar-refractivity contribution is 7.35. The van der Waals surface area contributed by atoms with Gasteiger partial charge in [0.2, 0.25) is 0 Å². The molecule has 0 spiro atoms. The van der Waals surface area contributed by atoms with Gasteiger partial charge in [0.25, 0.3) is 0 Å². The largest absolute Gasteiger partial charge is 0.289 e. The molecule has 0 N–H and O–H groups in total. The van der Waals surface area contributed by atoms with Crippen LogP contribution in [0.3, 0.4) is 0 Å². The summed E-state index contributed by atoms with van der Waals surface area (Å²) in [6, 6.07) is 35.3. The molecule has 0 amide bonds. The van der Waals surface area contributed by atoms with Crippen LogP contribution in [0.1, 0.15) is 91.5 Å². The number of nitriles is 4. The molecule has 0 unspecified atom stereocenters. The van der Waals surface area contributed by atoms with Crippen LogP contribution in [0.2, 0.25) is 0 Å². The smallest absolute Gasteiger partial charge is 0.194 e. The zero-order chi connectivity index (χ0) is 45.6. The Hall–Kier alpha value is -6.84. The summed E-state index contributed by atoms with van der Waals surface area (Å²) in [5, 5.41) is 39.2. The molecule has 0 fully saturated rings. The van der Waals surface area contributed by atoms with Crippen LogP contribution in [0.15, 0.2) is 107 Å². The predicted octanol–water partition coefficient (Wildman–Crippen LogP) is 15.3. The molecule has 0 saturated carbocycles. The number of hydrogen-bond donors (Lipinski definition) is 0. The summed E-state index contributed by atoms with van der Waals surface area (Å²) in [5.41, 5.74) is 8.76. The van der Waals surface area contributed by atoms with Crippen molar-refractivity contribution in [3.8, 4) is 63.3 Å². The lowest BCUT2D eigenvalue weighted by Crippen LogP contribution is -2.15. The molecule has 12 heteroatoms. The molecule has 4 aliphatic rings. The van der Waals surface area contributed by atoms with Crippen LogP contribution in [0, 0.1) is 45.3 Å². The molecule has 6 aromatic heterocycles. The molecule has 2 aromatic carbocycles. The van der Waals surface area contributed by atoms with Crippen LogP contribution in [0.4, 0.5) is 0 Å². The van der Waals surface area contributed by atoms with Crippen LogP contribution in [0.5, 0.6) is 0 Å². The second-order valence-electron chi connectivity index (χ2n) is 17.4. The van der Waals surface area contributed by atoms with Crippen molar-refractivity contribution in [2.75, 3.05) is 0 Å². The zero-order valence-electron chi connectivity index (χ0n) is 35.3. The third kappa shape index (κ3) is 5.49. The molecular formula is C54H28N4O2S6. The van der Waals surface area contributed by atoms with Crippen LogP contribution in [-0.4, -0.2) is 11.6 Å². The maximum Gasteiger partial charge on any atom is 0.194 e. The normalized spacial score (nSPS) is 16.7. The molecule has 0 radical (unpaired) electrons. The van der Waals surface area contributed by atoms with Gasteiger partial charge in [-0.25, -0.2) is 0 Å². The summed E-state index contributed by atoms with van der Waals surface area (Å²) in [7, 11) is 0. The minimum Gasteiger partial charge on any atom is -0.289 e. The molecule has 6 nitrogen and oxygen atoms in total. The summed E-state index contributed by atoms with van der Waals surface area (Å²) in [6.07, 6.45) is 3.66. The number of carbonyl (C=O) groups is 2. The number of benzene rings is 2. The summed E-state index contributed by atoms with van der Waals surface area (Å²) in [6.45, 7) is 9.37. The van der Waals surface area contributed by atoms with Crippen molar-refractivity contribution in [1.29, 1.82) is 21.0 Å². The van der Waals surface area contributed by atoms with E-state index in [0.29, 0.717) is 44.5 Å². The van der Waals surface area contributed by atoms with Crippen molar-refractivity contribution in [2.24, 2.45) is 0 Å². The van der Waals surface area contributed by atoms with Gasteiger partial charge in [-0.2, -0.15) is 21.0 Å². The van der Waals surface area contributed by atoms with Crippen molar-refractivity contribution >= 4 is 112 Å². The Balaban J connectivity index is 0.870. The first-order chi connectivity index (χ1) is 31.9. The number of allylic oxidation sites excluding steroid dienone is 6. The van der Waals surface area contributed by atoms with Crippen molar-refractivity contribution in [1.82, 2.24) is 0 Å². The molecule has 4 aliphatic carbocycles. The van der Waals surface area contributed by atoms with Gasteiger partial charge in [0, 0.05) is 83.3 Å². The minimum atomic E-state index is -0.209. The fourth-order valence-electron chi connectivity index (χ4n) is 10.1. The lowest BCUT2D eigenvalue weighted by Gasteiger charge is -2.20. The van der Waals surface area contributed by atoms with Gasteiger partial charge in [0.05, 0.1) is 19.2 Å². The van der Waals surface area contributed by atoms with Crippen LogP contribution in [0.25, 0.3) is 71.7 Å². The molecule has 312 valence electrons. The fraction of sp³-hybridized carbons (Fsp3) is 0.111. The molecule has 66 heavy (non-hydrogen) atoms. The SMILES string of the molecule is CC1(C)c2cc(-c3ccc(/C=C4\C(=O)c5ccccc5C4=C(C#N)C#N)s3)sc2-c2sc3c4c(sc3c21)-c1sc(-c2ccc(/C=C3\C(=O)c5ccccc5C3=C(C#N)C#N)s2)cc1C4(C)C. The molecule has 0 saturated heterocycles. The van der Waals surface area contributed by atoms with Crippen molar-refractivity contribution in [3.05, 3.63) is 161 Å². The molecule has 0 aliphatic heterocycles. The van der Waals surface area contributed by atoms with Gasteiger partial charge in [-0.3, -0.25) is 9.59 Å². The quantitative estimate of drug-likeness (QED) is 0.128. The first-order valence-electron chi connectivity index (χ1n) is 20.8. The fourth-order valence-corrected chi connectivity index (χ4v) is 18.6. The number of thiophene rings is 6. The number of rotatable bonds is 4. The van der Waals surface area contributed by atoms with Gasteiger partial charge in [-0.15, -0.1) is 68.0 Å². The van der Waals surface area contributed by atoms with E-state index in [9.17, 15) is 30.6 Å². The average molecular weight is 957 g/mol. The number of carbonyl (C=O) groups excluding carboxylic acids is 2. The summed E-state index contributed by atoms with van der Waals surface area (Å²) >= 11 is 10.7. The van der Waals surface area contributed by atoms with Gasteiger partial charge in [0.15, 0.2) is 11.6 Å². The van der Waals surface area contributed by atoms with E-state index in [1.54, 1.807) is 59.1 Å². The summed E-state index contributed by atoms with van der Waals surface area (Å²) in [5.74, 6) is -0.353. The Morgan fingerprint density at radius 1 is 0.470 bits per heavy atom. The highest BCUT2D eigenvalue weighted by atomic mass is 32.1. The summed E-state index contributed by atoms with van der Waals surface area (Å²) in [4.78, 5) is 38.8. The highest BCUT2D eigenvalue weighted by Crippen LogP contribution is 2.66. The molecule has 0 atom stereocenters. The molecule has 0 bridgehead atoms. The van der Waals surface area contributed by atoms with Gasteiger partial charge >= 0.3 is 0 Å². The van der Waals surface area contributed by atoms with Gasteiger partial charge in [-0.05, 0) is 81.9 Å². The van der Waals surface area contributed by atoms with E-state index >= 15 is 0 Å². The van der Waals surface area contributed by atoms with E-state index in [1.165, 1.54) is 60.9 Å². The van der Waals surface area contributed by atoms with Crippen molar-refractivity contribution in [2.45, 2.75) is 38.5 Å². The van der Waals surface area contributed by atoms with E-state index in [4.69, 9.17) is 0 Å². The summed E-state index contributed by atoms with van der Waals surface area (Å²) < 4.78 is 2.75. The number of nitrogens with zero attached hydrogens (tertiary/aromatic N) is 4. The maximum absolute atomic E-state index is 13.6. The van der Waals surface area contributed by atoms with Gasteiger partial charge in [0.1, 0.15) is 35.4 Å². The molecule has 8 aromatic rings. The molecular weight excluding hydrogens is 929 g/mol. The number of hydrogen-bond acceptors (Lipinski definition) is 12. The Kier molecular flexibility index (Phi) is 8.83. The van der Waals surface area contributed by atoms with Crippen molar-refractivity contribution < 1.29 is 9.59 Å². The van der Waals surface area contributed by atoms with E-state index in [0.717, 1.165) is 19.5 Å². The third-order valence-electron chi connectivity index (χ3n) is 13.2. The third-order valence-corrected chi connectivity index (χ3v) is 20.8. The molecule has 12 rings (SSSR count). The van der Waals surface area contributed by atoms with E-state index in [2.05, 4.69) is 52.0 Å². The number of ketones is 2. The average Bonchev–Trinajstić information content (AvgIpc) is 4.17. The van der Waals surface area contributed by atoms with Crippen LogP contribution in [-0.2, 0) is 10.8 Å². The van der Waals surface area contributed by atoms with Gasteiger partial charge < -0.3 is 0 Å². The van der Waals surface area contributed by atoms with Gasteiger partial charge in [-0.1, -0.05) is 76.2 Å². The van der Waals surface area contributed by atoms with Crippen molar-refractivity contribution in [3.63, 3.8) is 0 Å². The Labute approximate surface area is 403 Å². The predicted molar refractivity (Wildman–Crippen MR) is 271 cm³/mol. The van der Waals surface area contributed by atoms with E-state index < -0.39 is 0 Å². The van der Waals surface area contributed by atoms with E-state index in [1.807, 2.05) is 106 Å². The first kappa shape index (κ1) is 40.7. The topological polar surface area (TPSA) is 129 Å². The Bertz CT molecular complexity index is 3630. The standard InChI is InChI=1S/C54H28N4O2S6/c1-53(2)35-19-39(37-15-13-27(61-37)17-33-41(25(21-55)22-56)29-9-5-7-11-31(29)45(33)59)63-47(35)49-43(53)51-52(65-49)44-50(66-51)48-36(54(44,3)4)20-40(64-48)38-16-14-28(62-38)18-34-42(26(23-57)24-58)30-10-6-8-12-32(30)46(34)60/h5-20H,1-4H3/b33-17-,34-18-. The van der Waals surface area contributed by atoms with Crippen LogP contribution >= 0.6 is 68.0 Å². The lowest BCUT2D eigenvalue weighted by molar-refractivity contribution is 0.103. The number of Topliss-reactive ketones (excluding diaryl/α,β-unsaturated/α-hetero) is 2. The maximum atomic E-state index is 13.6.